The molecule has 2 aliphatic heterocycles. The second-order valence-electron chi connectivity index (χ2n) is 36.3. The Hall–Kier alpha value is -13.4. The van der Waals surface area contributed by atoms with Crippen molar-refractivity contribution in [2.24, 2.45) is 4.99 Å². The van der Waals surface area contributed by atoms with Gasteiger partial charge < -0.3 is 74.0 Å². The van der Waals surface area contributed by atoms with Gasteiger partial charge in [0.2, 0.25) is 5.78 Å². The number of rotatable bonds is 35. The number of nitrogens with one attached hydrogen (secondary N) is 4. The highest BCUT2D eigenvalue weighted by atomic mass is 35.5. The number of nitrogens with zero attached hydrogens (tertiary/aromatic N) is 7. The van der Waals surface area contributed by atoms with Crippen molar-refractivity contribution in [1.29, 1.82) is 0 Å². The summed E-state index contributed by atoms with van der Waals surface area (Å²) in [5.41, 5.74) is 10.4. The molecule has 24 nitrogen and oxygen atoms in total. The molecule has 2 aliphatic rings. The first-order chi connectivity index (χ1) is 71.3. The van der Waals surface area contributed by atoms with E-state index in [9.17, 15) is 55.1 Å². The van der Waals surface area contributed by atoms with E-state index < -0.39 is 41.1 Å². The Balaban J connectivity index is 0.000000201. The predicted molar refractivity (Wildman–Crippen MR) is 589 cm³/mol. The molecule has 12 aromatic carbocycles. The van der Waals surface area contributed by atoms with Gasteiger partial charge in [0, 0.05) is 113 Å². The van der Waals surface area contributed by atoms with Crippen LogP contribution in [-0.4, -0.2) is 228 Å². The molecule has 34 heteroatoms. The highest BCUT2D eigenvalue weighted by Crippen LogP contribution is 2.42. The Kier molecular flexibility index (Phi) is 46.6. The molecule has 0 aliphatic carbocycles. The summed E-state index contributed by atoms with van der Waals surface area (Å²) in [6.07, 6.45) is -7.33. The summed E-state index contributed by atoms with van der Waals surface area (Å²) in [5, 5.41) is 14.8. The van der Waals surface area contributed by atoms with Crippen molar-refractivity contribution >= 4 is 116 Å². The van der Waals surface area contributed by atoms with E-state index in [1.807, 2.05) is 229 Å². The number of carbonyl (C=O) groups excluding carboxylic acids is 6. The fourth-order valence-corrected chi connectivity index (χ4v) is 15.6. The molecule has 2 heterocycles. The normalized spacial score (nSPS) is 12.3. The number of anilines is 4. The second-order valence-corrected chi connectivity index (χ2v) is 38.0. The van der Waals surface area contributed by atoms with Crippen LogP contribution in [0.4, 0.5) is 54.8 Å². The number of ether oxygens (including phenoxy) is 7. The molecule has 150 heavy (non-hydrogen) atoms. The second kappa shape index (κ2) is 58.1. The van der Waals surface area contributed by atoms with Crippen LogP contribution in [0.25, 0.3) is 0 Å². The third kappa shape index (κ3) is 35.9. The number of hydrogen-bond donors (Lipinski definition) is 4. The summed E-state index contributed by atoms with van der Waals surface area (Å²) in [6, 6.07) is 63.4. The van der Waals surface area contributed by atoms with Gasteiger partial charge in [0.15, 0.2) is 0 Å². The van der Waals surface area contributed by atoms with E-state index in [2.05, 4.69) is 36.1 Å². The Labute approximate surface area is 895 Å². The summed E-state index contributed by atoms with van der Waals surface area (Å²) in [6.45, 7) is 30.6. The monoisotopic (exact) mass is 2140 g/mol. The lowest BCUT2D eigenvalue weighted by Gasteiger charge is -2.27. The minimum absolute atomic E-state index is 0.0155. The SMILES string of the molecule is CCOc1cccc(OCCN(C)C)c1C(=O)c1ccc(C)c(C(F)(F)F)c1.CCOc1cccc(OCCN(C)C)c1C=Nc1ccc(Cl)c(C)c1.Cc1cc(NC(=O)c2c(C)cccc2OCCN2CCNCC2)ccc1Cl.Cc1cc(NC(=O)c2ccccc2C)ccc1Cl.Cc1cc(NC(=O)c2ccccc2OCCN(C)C)ccc1Cl.Cc1ccc(N2C(=O)c3c(C)ccc(OCCN(C)C)c3C2=O)cc1C(F)(F)F. The Morgan fingerprint density at radius 1 is 0.380 bits per heavy atom. The van der Waals surface area contributed by atoms with Crippen LogP contribution in [-0.2, 0) is 12.4 Å². The van der Waals surface area contributed by atoms with Gasteiger partial charge in [0.05, 0.1) is 63.5 Å². The third-order valence-corrected chi connectivity index (χ3v) is 25.1. The minimum atomic E-state index is -4.59. The molecular formula is C116H131Cl4F6N11O13. The number of amides is 5. The number of piperazine rings is 1. The first-order valence-electron chi connectivity index (χ1n) is 48.6. The number of hydrogen-bond acceptors (Lipinski definition) is 20. The Morgan fingerprint density at radius 3 is 1.28 bits per heavy atom. The summed E-state index contributed by atoms with van der Waals surface area (Å²) < 4.78 is 120. The van der Waals surface area contributed by atoms with Gasteiger partial charge in [-0.05, 0) is 328 Å². The fourth-order valence-electron chi connectivity index (χ4n) is 15.1. The quantitative estimate of drug-likeness (QED) is 0.0125. The molecule has 0 atom stereocenters. The summed E-state index contributed by atoms with van der Waals surface area (Å²) >= 11 is 24.1. The summed E-state index contributed by atoms with van der Waals surface area (Å²) in [7, 11) is 15.5. The summed E-state index contributed by atoms with van der Waals surface area (Å²) in [4.78, 5) is 92.2. The smallest absolute Gasteiger partial charge is 0.416 e. The van der Waals surface area contributed by atoms with Crippen molar-refractivity contribution < 1.29 is 88.3 Å². The Bertz CT molecular complexity index is 6660. The number of carbonyl (C=O) groups is 6. The number of imide groups is 1. The topological polar surface area (TPSA) is 247 Å². The van der Waals surface area contributed by atoms with Crippen LogP contribution < -0.4 is 59.3 Å². The molecule has 5 amide bonds. The number of alkyl halides is 6. The van der Waals surface area contributed by atoms with Crippen molar-refractivity contribution in [2.75, 3.05) is 182 Å². The van der Waals surface area contributed by atoms with Crippen LogP contribution in [0.2, 0.25) is 20.1 Å². The number of likely N-dealkylation sites (N-methyl/N-ethyl adjacent to an activating group) is 4. The van der Waals surface area contributed by atoms with Gasteiger partial charge >= 0.3 is 12.4 Å². The molecule has 14 rings (SSSR count). The number of para-hydroxylation sites is 1. The lowest BCUT2D eigenvalue weighted by molar-refractivity contribution is -0.138. The molecular weight excluding hydrogens is 2010 g/mol. The molecule has 0 unspecified atom stereocenters. The fraction of sp³-hybridized carbons (Fsp3) is 0.319. The summed E-state index contributed by atoms with van der Waals surface area (Å²) in [5.74, 6) is 1.14. The molecule has 4 N–H and O–H groups in total. The zero-order chi connectivity index (χ0) is 110. The van der Waals surface area contributed by atoms with E-state index in [0.29, 0.717) is 114 Å². The number of aliphatic imine (C=N–C) groups is 1. The molecule has 798 valence electrons. The Morgan fingerprint density at radius 2 is 0.773 bits per heavy atom. The van der Waals surface area contributed by atoms with E-state index in [-0.39, 0.29) is 74.0 Å². The zero-order valence-corrected chi connectivity index (χ0v) is 91.0. The number of aryl methyl sites for hydroxylation is 9. The number of ketones is 1. The first-order valence-corrected chi connectivity index (χ1v) is 50.2. The van der Waals surface area contributed by atoms with Crippen LogP contribution in [0.15, 0.2) is 229 Å². The van der Waals surface area contributed by atoms with E-state index in [4.69, 9.17) is 79.6 Å². The molecule has 0 aromatic heterocycles. The van der Waals surface area contributed by atoms with Crippen molar-refractivity contribution in [3.8, 4) is 40.2 Å². The van der Waals surface area contributed by atoms with Gasteiger partial charge in [-0.25, -0.2) is 4.90 Å². The van der Waals surface area contributed by atoms with Gasteiger partial charge in [0.25, 0.3) is 29.5 Å². The van der Waals surface area contributed by atoms with Gasteiger partial charge in [0.1, 0.15) is 78.8 Å². The lowest BCUT2D eigenvalue weighted by Crippen LogP contribution is -2.44. The highest BCUT2D eigenvalue weighted by Gasteiger charge is 2.43. The van der Waals surface area contributed by atoms with Crippen molar-refractivity contribution in [3.63, 3.8) is 0 Å². The molecule has 0 spiro atoms. The molecule has 0 radical (unpaired) electrons. The van der Waals surface area contributed by atoms with Crippen LogP contribution >= 0.6 is 46.4 Å². The van der Waals surface area contributed by atoms with Crippen LogP contribution in [0, 0.1) is 62.3 Å². The molecule has 12 aromatic rings. The maximum Gasteiger partial charge on any atom is 0.416 e. The molecule has 1 fully saturated rings. The molecule has 0 saturated carbocycles. The maximum atomic E-state index is 13.3. The highest BCUT2D eigenvalue weighted by molar-refractivity contribution is 6.36. The molecule has 1 saturated heterocycles. The zero-order valence-electron chi connectivity index (χ0n) is 88.0. The van der Waals surface area contributed by atoms with Crippen LogP contribution in [0.5, 0.6) is 40.2 Å². The van der Waals surface area contributed by atoms with Crippen LogP contribution in [0.3, 0.4) is 0 Å². The van der Waals surface area contributed by atoms with E-state index in [1.165, 1.54) is 38.1 Å². The van der Waals surface area contributed by atoms with Crippen molar-refractivity contribution in [1.82, 2.24) is 29.8 Å². The largest absolute Gasteiger partial charge is 0.493 e. The lowest BCUT2D eigenvalue weighted by atomic mass is 9.97. The average Bonchev–Trinajstić information content (AvgIpc) is 1.59. The van der Waals surface area contributed by atoms with E-state index >= 15 is 0 Å². The predicted octanol–water partition coefficient (Wildman–Crippen LogP) is 24.9. The average molecular weight is 2140 g/mol. The van der Waals surface area contributed by atoms with E-state index in [0.717, 1.165) is 135 Å². The van der Waals surface area contributed by atoms with Gasteiger partial charge in [-0.15, -0.1) is 0 Å². The number of benzene rings is 12. The molecule has 0 bridgehead atoms. The third-order valence-electron chi connectivity index (χ3n) is 23.4. The van der Waals surface area contributed by atoms with Crippen molar-refractivity contribution in [2.45, 2.75) is 88.5 Å². The van der Waals surface area contributed by atoms with Crippen LogP contribution in [0.1, 0.15) is 148 Å². The minimum Gasteiger partial charge on any atom is -0.493 e. The van der Waals surface area contributed by atoms with Gasteiger partial charge in [-0.3, -0.25) is 38.7 Å². The number of fused-ring (bicyclic) bond motifs is 1. The van der Waals surface area contributed by atoms with E-state index in [1.54, 1.807) is 98.9 Å². The number of halogens is 10. The standard InChI is InChI=1S/C21H26ClN3O2.C21H21F3N2O3.C21H24F3NO3.C20H25ClN2O2.C18H21ClN2O2.C15H14ClNO/c1-15-4-3-5-19(27-13-12-25-10-8-23-9-11-25)20(15)21(26)24-17-6-7-18(22)16(2)14-17;1-12-5-7-14(11-15(12)21(22,23)24)26-19(27)17-13(2)6-8-16(18(17)20(26)28)29-10-9-25(3)4;1-5-27-17-7-6-8-18(28-12-11-25(3)4)19(17)20(26)15-10-9-14(2)16(13-15)21(22,23)24;1-5-24-19-7-6-8-20(25-12-11-23(3)4)17(19)14-22-16-9-10-18(21)15(2)13-16;1-13-12-14(8-9-16(13)19)20-18(22)15-6-4-5-7-17(15)23-11-10-21(2)3;1-10-5-3-4-6-13(10)15(18)17-12-7-8-14(16)11(2)9-12/h3-7,14,23H,8-13H2,1-2H3,(H,24,26);5-8,11H,9-10H2,1-4H3;6-10,13H,5,11-12H2,1-4H3;6-10,13-14H,5,11-12H2,1-4H3;4-9,12H,10-11H2,1-3H3,(H,20,22);3-9H,1-2H3,(H,17,18). The van der Waals surface area contributed by atoms with Gasteiger partial charge in [-0.2, -0.15) is 26.3 Å². The van der Waals surface area contributed by atoms with Crippen molar-refractivity contribution in [3.05, 3.63) is 350 Å². The van der Waals surface area contributed by atoms with Gasteiger partial charge in [-0.1, -0.05) is 125 Å². The first kappa shape index (κ1) is 120. The maximum absolute atomic E-state index is 13.3.